The molecule has 0 aliphatic carbocycles. The van der Waals surface area contributed by atoms with Gasteiger partial charge in [0, 0.05) is 31.4 Å². The zero-order chi connectivity index (χ0) is 13.1. The van der Waals surface area contributed by atoms with Crippen molar-refractivity contribution in [2.24, 2.45) is 0 Å². The van der Waals surface area contributed by atoms with Gasteiger partial charge in [0.1, 0.15) is 5.82 Å². The first kappa shape index (κ1) is 12.3. The Kier molecular flexibility index (Phi) is 3.42. The van der Waals surface area contributed by atoms with Gasteiger partial charge in [-0.1, -0.05) is 30.3 Å². The number of benzene rings is 1. The summed E-state index contributed by atoms with van der Waals surface area (Å²) in [5, 5.41) is 0. The van der Waals surface area contributed by atoms with Crippen molar-refractivity contribution >= 4 is 11.6 Å². The Morgan fingerprint density at radius 2 is 1.83 bits per heavy atom. The first-order valence-corrected chi connectivity index (χ1v) is 5.83. The van der Waals surface area contributed by atoms with Gasteiger partial charge in [-0.25, -0.2) is 4.98 Å². The molecule has 0 spiro atoms. The molecular formula is C15H16N2O. The van der Waals surface area contributed by atoms with Gasteiger partial charge in [-0.3, -0.25) is 4.79 Å². The SMILES string of the molecule is Cc1cc(N(C)C)ncc1C(=O)c1ccccc1. The van der Waals surface area contributed by atoms with Crippen LogP contribution in [-0.4, -0.2) is 24.9 Å². The maximum atomic E-state index is 12.3. The summed E-state index contributed by atoms with van der Waals surface area (Å²) >= 11 is 0. The first-order valence-electron chi connectivity index (χ1n) is 5.83. The lowest BCUT2D eigenvalue weighted by atomic mass is 10.0. The van der Waals surface area contributed by atoms with Crippen molar-refractivity contribution < 1.29 is 4.79 Å². The summed E-state index contributed by atoms with van der Waals surface area (Å²) in [6.07, 6.45) is 1.65. The molecule has 0 aliphatic rings. The van der Waals surface area contributed by atoms with Crippen LogP contribution in [-0.2, 0) is 0 Å². The zero-order valence-electron chi connectivity index (χ0n) is 10.8. The van der Waals surface area contributed by atoms with Gasteiger partial charge in [0.15, 0.2) is 5.78 Å². The highest BCUT2D eigenvalue weighted by atomic mass is 16.1. The van der Waals surface area contributed by atoms with Crippen molar-refractivity contribution in [1.29, 1.82) is 0 Å². The molecule has 0 bridgehead atoms. The Balaban J connectivity index is 2.38. The number of aromatic nitrogens is 1. The lowest BCUT2D eigenvalue weighted by Crippen LogP contribution is -2.12. The minimum atomic E-state index is 0.0194. The van der Waals surface area contributed by atoms with Crippen molar-refractivity contribution in [1.82, 2.24) is 4.98 Å². The standard InChI is InChI=1S/C15H16N2O/c1-11-9-14(17(2)3)16-10-13(11)15(18)12-7-5-4-6-8-12/h4-10H,1-3H3. The number of pyridine rings is 1. The predicted octanol–water partition coefficient (Wildman–Crippen LogP) is 2.69. The molecule has 1 aromatic carbocycles. The molecule has 0 unspecified atom stereocenters. The quantitative estimate of drug-likeness (QED) is 0.773. The van der Waals surface area contributed by atoms with Gasteiger partial charge in [-0.2, -0.15) is 0 Å². The normalized spacial score (nSPS) is 10.2. The summed E-state index contributed by atoms with van der Waals surface area (Å²) in [5.41, 5.74) is 2.30. The molecular weight excluding hydrogens is 224 g/mol. The fourth-order valence-corrected chi connectivity index (χ4v) is 1.77. The lowest BCUT2D eigenvalue weighted by Gasteiger charge is -2.13. The van der Waals surface area contributed by atoms with Crippen LogP contribution in [0.5, 0.6) is 0 Å². The van der Waals surface area contributed by atoms with E-state index >= 15 is 0 Å². The summed E-state index contributed by atoms with van der Waals surface area (Å²) in [6.45, 7) is 1.94. The second-order valence-corrected chi connectivity index (χ2v) is 4.45. The molecule has 0 amide bonds. The average molecular weight is 240 g/mol. The number of rotatable bonds is 3. The summed E-state index contributed by atoms with van der Waals surface area (Å²) in [4.78, 5) is 18.5. The van der Waals surface area contributed by atoms with Crippen LogP contribution in [0.2, 0.25) is 0 Å². The Bertz CT molecular complexity index is 562. The summed E-state index contributed by atoms with van der Waals surface area (Å²) in [5.74, 6) is 0.878. The molecule has 3 heteroatoms. The van der Waals surface area contributed by atoms with Crippen LogP contribution in [0.4, 0.5) is 5.82 Å². The van der Waals surface area contributed by atoms with Crippen molar-refractivity contribution in [2.45, 2.75) is 6.92 Å². The van der Waals surface area contributed by atoms with E-state index in [1.165, 1.54) is 0 Å². The highest BCUT2D eigenvalue weighted by Crippen LogP contribution is 2.17. The highest BCUT2D eigenvalue weighted by Gasteiger charge is 2.12. The van der Waals surface area contributed by atoms with Crippen LogP contribution in [0.25, 0.3) is 0 Å². The van der Waals surface area contributed by atoms with Crippen LogP contribution >= 0.6 is 0 Å². The zero-order valence-corrected chi connectivity index (χ0v) is 10.8. The molecule has 0 fully saturated rings. The number of carbonyl (C=O) groups excluding carboxylic acids is 1. The van der Waals surface area contributed by atoms with Crippen LogP contribution in [0.3, 0.4) is 0 Å². The van der Waals surface area contributed by atoms with Gasteiger partial charge in [0.05, 0.1) is 0 Å². The largest absolute Gasteiger partial charge is 0.363 e. The number of anilines is 1. The van der Waals surface area contributed by atoms with Crippen molar-refractivity contribution in [3.63, 3.8) is 0 Å². The van der Waals surface area contributed by atoms with Crippen molar-refractivity contribution in [2.75, 3.05) is 19.0 Å². The van der Waals surface area contributed by atoms with Gasteiger partial charge in [-0.15, -0.1) is 0 Å². The van der Waals surface area contributed by atoms with Crippen LogP contribution < -0.4 is 4.90 Å². The highest BCUT2D eigenvalue weighted by molar-refractivity contribution is 6.09. The molecule has 18 heavy (non-hydrogen) atoms. The van der Waals surface area contributed by atoms with E-state index in [2.05, 4.69) is 4.98 Å². The van der Waals surface area contributed by atoms with E-state index in [1.54, 1.807) is 6.20 Å². The minimum Gasteiger partial charge on any atom is -0.363 e. The number of hydrogen-bond acceptors (Lipinski definition) is 3. The van der Waals surface area contributed by atoms with Gasteiger partial charge in [0.25, 0.3) is 0 Å². The van der Waals surface area contributed by atoms with Crippen molar-refractivity contribution in [3.05, 3.63) is 59.3 Å². The third-order valence-corrected chi connectivity index (χ3v) is 2.84. The smallest absolute Gasteiger partial charge is 0.194 e. The fourth-order valence-electron chi connectivity index (χ4n) is 1.77. The Hall–Kier alpha value is -2.16. The molecule has 2 aromatic rings. The average Bonchev–Trinajstić information content (AvgIpc) is 2.38. The maximum Gasteiger partial charge on any atom is 0.194 e. The summed E-state index contributed by atoms with van der Waals surface area (Å²) in [6, 6.07) is 11.2. The van der Waals surface area contributed by atoms with Gasteiger partial charge < -0.3 is 4.90 Å². The van der Waals surface area contributed by atoms with E-state index in [4.69, 9.17) is 0 Å². The summed E-state index contributed by atoms with van der Waals surface area (Å²) < 4.78 is 0. The topological polar surface area (TPSA) is 33.2 Å². The van der Waals surface area contributed by atoms with Crippen molar-refractivity contribution in [3.8, 4) is 0 Å². The predicted molar refractivity (Wildman–Crippen MR) is 73.2 cm³/mol. The molecule has 92 valence electrons. The van der Waals surface area contributed by atoms with E-state index in [0.717, 1.165) is 11.4 Å². The number of aryl methyl sites for hydroxylation is 1. The molecule has 3 nitrogen and oxygen atoms in total. The van der Waals surface area contributed by atoms with Gasteiger partial charge in [0.2, 0.25) is 0 Å². The Labute approximate surface area is 107 Å². The Morgan fingerprint density at radius 1 is 1.17 bits per heavy atom. The fraction of sp³-hybridized carbons (Fsp3) is 0.200. The third kappa shape index (κ3) is 2.40. The molecule has 2 rings (SSSR count). The third-order valence-electron chi connectivity index (χ3n) is 2.84. The molecule has 0 N–H and O–H groups in total. The second-order valence-electron chi connectivity index (χ2n) is 4.45. The van der Waals surface area contributed by atoms with E-state index in [-0.39, 0.29) is 5.78 Å². The van der Waals surface area contributed by atoms with Gasteiger partial charge >= 0.3 is 0 Å². The molecule has 0 saturated carbocycles. The number of carbonyl (C=O) groups is 1. The van der Waals surface area contributed by atoms with Crippen LogP contribution in [0.1, 0.15) is 21.5 Å². The lowest BCUT2D eigenvalue weighted by molar-refractivity contribution is 0.103. The summed E-state index contributed by atoms with van der Waals surface area (Å²) in [7, 11) is 3.86. The first-order chi connectivity index (χ1) is 8.59. The molecule has 1 heterocycles. The van der Waals surface area contributed by atoms with E-state index in [1.807, 2.05) is 62.3 Å². The van der Waals surface area contributed by atoms with E-state index < -0.39 is 0 Å². The van der Waals surface area contributed by atoms with Crippen LogP contribution in [0, 0.1) is 6.92 Å². The van der Waals surface area contributed by atoms with E-state index in [9.17, 15) is 4.79 Å². The van der Waals surface area contributed by atoms with E-state index in [0.29, 0.717) is 11.1 Å². The molecule has 1 aromatic heterocycles. The van der Waals surface area contributed by atoms with Gasteiger partial charge in [-0.05, 0) is 18.6 Å². The number of nitrogens with zero attached hydrogens (tertiary/aromatic N) is 2. The Morgan fingerprint density at radius 3 is 2.39 bits per heavy atom. The van der Waals surface area contributed by atoms with Crippen LogP contribution in [0.15, 0.2) is 42.6 Å². The molecule has 0 atom stereocenters. The maximum absolute atomic E-state index is 12.3. The minimum absolute atomic E-state index is 0.0194. The number of ketones is 1. The monoisotopic (exact) mass is 240 g/mol. The molecule has 0 aliphatic heterocycles. The number of hydrogen-bond donors (Lipinski definition) is 0. The molecule has 0 radical (unpaired) electrons. The second kappa shape index (κ2) is 5.00. The molecule has 0 saturated heterocycles.